The average molecular weight is 364 g/mol. The van der Waals surface area contributed by atoms with Crippen molar-refractivity contribution in [2.24, 2.45) is 0 Å². The lowest BCUT2D eigenvalue weighted by atomic mass is 10.2. The van der Waals surface area contributed by atoms with Gasteiger partial charge in [-0.1, -0.05) is 5.16 Å². The second kappa shape index (κ2) is 7.24. The summed E-state index contributed by atoms with van der Waals surface area (Å²) in [6.07, 6.45) is 2.78. The summed E-state index contributed by atoms with van der Waals surface area (Å²) in [6.45, 7) is 6.33. The predicted octanol–water partition coefficient (Wildman–Crippen LogP) is 3.45. The van der Waals surface area contributed by atoms with Crippen LogP contribution in [0.4, 0.5) is 0 Å². The minimum absolute atomic E-state index is 0. The van der Waals surface area contributed by atoms with Crippen LogP contribution in [0.2, 0.25) is 0 Å². The van der Waals surface area contributed by atoms with Gasteiger partial charge >= 0.3 is 0 Å². The lowest BCUT2D eigenvalue weighted by Gasteiger charge is -2.09. The third-order valence-corrected chi connectivity index (χ3v) is 3.47. The molecule has 0 bridgehead atoms. The average Bonchev–Trinajstić information content (AvgIpc) is 2.95. The molecule has 1 unspecified atom stereocenters. The van der Waals surface area contributed by atoms with Crippen molar-refractivity contribution in [3.05, 3.63) is 22.6 Å². The lowest BCUT2D eigenvalue weighted by molar-refractivity contribution is 0.413. The molecule has 0 saturated carbocycles. The maximum atomic E-state index is 5.37. The van der Waals surface area contributed by atoms with E-state index in [1.165, 1.54) is 0 Å². The monoisotopic (exact) mass is 362 g/mol. The first-order chi connectivity index (χ1) is 9.01. The summed E-state index contributed by atoms with van der Waals surface area (Å²) in [5.74, 6) is 1.29. The first-order valence-electron chi connectivity index (χ1n) is 6.39. The van der Waals surface area contributed by atoms with E-state index in [0.29, 0.717) is 18.0 Å². The second-order valence-electron chi connectivity index (χ2n) is 4.95. The molecule has 0 amide bonds. The highest BCUT2D eigenvalue weighted by Gasteiger charge is 2.16. The molecule has 2 aromatic heterocycles. The zero-order valence-corrected chi connectivity index (χ0v) is 14.5. The summed E-state index contributed by atoms with van der Waals surface area (Å²) in [5.41, 5.74) is 0.942. The van der Waals surface area contributed by atoms with E-state index < -0.39 is 0 Å². The van der Waals surface area contributed by atoms with Gasteiger partial charge in [-0.05, 0) is 49.8 Å². The molecule has 0 aromatic carbocycles. The van der Waals surface area contributed by atoms with Crippen molar-refractivity contribution in [3.63, 3.8) is 0 Å². The standard InChI is InChI=1S/C13H19BrN4O.ClH/c1-8(2)18-7-10(14)6-11(18)13-16-12(17-19-13)5-9(3)15-4;/h6-9,15H,5H2,1-4H3;1H. The Morgan fingerprint density at radius 3 is 2.70 bits per heavy atom. The van der Waals surface area contributed by atoms with Crippen molar-refractivity contribution in [2.45, 2.75) is 39.3 Å². The molecule has 0 radical (unpaired) electrons. The molecule has 112 valence electrons. The number of rotatable bonds is 5. The third kappa shape index (κ3) is 3.84. The fourth-order valence-electron chi connectivity index (χ4n) is 1.86. The fourth-order valence-corrected chi connectivity index (χ4v) is 2.30. The second-order valence-corrected chi connectivity index (χ2v) is 5.87. The highest BCUT2D eigenvalue weighted by atomic mass is 79.9. The molecule has 1 N–H and O–H groups in total. The number of nitrogens with one attached hydrogen (secondary N) is 1. The van der Waals surface area contributed by atoms with Crippen LogP contribution in [-0.4, -0.2) is 27.8 Å². The van der Waals surface area contributed by atoms with Crippen molar-refractivity contribution in [1.29, 1.82) is 0 Å². The Morgan fingerprint density at radius 1 is 1.40 bits per heavy atom. The maximum absolute atomic E-state index is 5.37. The third-order valence-electron chi connectivity index (χ3n) is 3.04. The van der Waals surface area contributed by atoms with Crippen molar-refractivity contribution in [3.8, 4) is 11.6 Å². The fraction of sp³-hybridized carbons (Fsp3) is 0.538. The molecule has 20 heavy (non-hydrogen) atoms. The summed E-state index contributed by atoms with van der Waals surface area (Å²) in [5, 5.41) is 7.20. The molecule has 0 aliphatic heterocycles. The van der Waals surface area contributed by atoms with Crippen LogP contribution in [0.15, 0.2) is 21.3 Å². The van der Waals surface area contributed by atoms with Crippen molar-refractivity contribution in [2.75, 3.05) is 7.05 Å². The van der Waals surface area contributed by atoms with Crippen LogP contribution in [0, 0.1) is 0 Å². The molecule has 5 nitrogen and oxygen atoms in total. The summed E-state index contributed by atoms with van der Waals surface area (Å²) >= 11 is 3.49. The Labute approximate surface area is 133 Å². The van der Waals surface area contributed by atoms with Crippen LogP contribution in [-0.2, 0) is 6.42 Å². The topological polar surface area (TPSA) is 55.9 Å². The molecule has 2 heterocycles. The maximum Gasteiger partial charge on any atom is 0.274 e. The molecule has 7 heteroatoms. The quantitative estimate of drug-likeness (QED) is 0.884. The van der Waals surface area contributed by atoms with E-state index in [1.807, 2.05) is 19.3 Å². The van der Waals surface area contributed by atoms with Crippen LogP contribution in [0.5, 0.6) is 0 Å². The smallest absolute Gasteiger partial charge is 0.274 e. The highest BCUT2D eigenvalue weighted by molar-refractivity contribution is 9.10. The molecule has 2 rings (SSSR count). The van der Waals surface area contributed by atoms with Gasteiger partial charge in [-0.15, -0.1) is 12.4 Å². The number of hydrogen-bond acceptors (Lipinski definition) is 4. The number of likely N-dealkylation sites (N-methyl/N-ethyl adjacent to an activating group) is 1. The van der Waals surface area contributed by atoms with Crippen LogP contribution < -0.4 is 5.32 Å². The Hall–Kier alpha value is -0.850. The molecule has 1 atom stereocenters. The van der Waals surface area contributed by atoms with Gasteiger partial charge in [0.25, 0.3) is 5.89 Å². The van der Waals surface area contributed by atoms with Gasteiger partial charge in [0.05, 0.1) is 0 Å². The number of halogens is 2. The Balaban J connectivity index is 0.00000200. The molecular weight excluding hydrogens is 344 g/mol. The Kier molecular flexibility index (Phi) is 6.23. The zero-order chi connectivity index (χ0) is 14.0. The molecule has 0 aliphatic rings. The van der Waals surface area contributed by atoms with E-state index in [9.17, 15) is 0 Å². The van der Waals surface area contributed by atoms with E-state index in [0.717, 1.165) is 22.4 Å². The van der Waals surface area contributed by atoms with Gasteiger partial charge in [0.15, 0.2) is 5.82 Å². The first kappa shape index (κ1) is 17.2. The van der Waals surface area contributed by atoms with Crippen LogP contribution >= 0.6 is 28.3 Å². The van der Waals surface area contributed by atoms with Crippen molar-refractivity contribution >= 4 is 28.3 Å². The largest absolute Gasteiger partial charge is 0.340 e. The van der Waals surface area contributed by atoms with Crippen LogP contribution in [0.3, 0.4) is 0 Å². The Morgan fingerprint density at radius 2 is 2.10 bits per heavy atom. The van der Waals surface area contributed by atoms with Gasteiger partial charge < -0.3 is 14.4 Å². The molecule has 0 spiro atoms. The molecule has 0 aliphatic carbocycles. The zero-order valence-electron chi connectivity index (χ0n) is 12.1. The molecule has 2 aromatic rings. The minimum Gasteiger partial charge on any atom is -0.340 e. The lowest BCUT2D eigenvalue weighted by Crippen LogP contribution is -2.24. The van der Waals surface area contributed by atoms with Crippen LogP contribution in [0.25, 0.3) is 11.6 Å². The SMILES string of the molecule is CNC(C)Cc1noc(-c2cc(Br)cn2C(C)C)n1.Cl. The van der Waals surface area contributed by atoms with E-state index in [4.69, 9.17) is 4.52 Å². The summed E-state index contributed by atoms with van der Waals surface area (Å²) in [6, 6.07) is 2.67. The number of nitrogens with zero attached hydrogens (tertiary/aromatic N) is 3. The Bertz CT molecular complexity index is 552. The van der Waals surface area contributed by atoms with Gasteiger partial charge in [0, 0.05) is 29.2 Å². The summed E-state index contributed by atoms with van der Waals surface area (Å²) in [7, 11) is 1.92. The van der Waals surface area contributed by atoms with Gasteiger partial charge in [0.1, 0.15) is 5.69 Å². The first-order valence-corrected chi connectivity index (χ1v) is 7.18. The van der Waals surface area contributed by atoms with Gasteiger partial charge in [0.2, 0.25) is 0 Å². The van der Waals surface area contributed by atoms with Gasteiger partial charge in [-0.2, -0.15) is 4.98 Å². The predicted molar refractivity (Wildman–Crippen MR) is 85.3 cm³/mol. The minimum atomic E-state index is 0. The van der Waals surface area contributed by atoms with Gasteiger partial charge in [-0.25, -0.2) is 0 Å². The van der Waals surface area contributed by atoms with E-state index >= 15 is 0 Å². The summed E-state index contributed by atoms with van der Waals surface area (Å²) in [4.78, 5) is 4.47. The van der Waals surface area contributed by atoms with Gasteiger partial charge in [-0.3, -0.25) is 0 Å². The van der Waals surface area contributed by atoms with E-state index in [2.05, 4.69) is 56.7 Å². The molecule has 0 fully saturated rings. The normalized spacial score (nSPS) is 12.5. The highest BCUT2D eigenvalue weighted by Crippen LogP contribution is 2.27. The van der Waals surface area contributed by atoms with Crippen LogP contribution in [0.1, 0.15) is 32.6 Å². The number of hydrogen-bond donors (Lipinski definition) is 1. The summed E-state index contributed by atoms with van der Waals surface area (Å²) < 4.78 is 8.50. The van der Waals surface area contributed by atoms with Crippen molar-refractivity contribution < 1.29 is 4.52 Å². The van der Waals surface area contributed by atoms with Crippen molar-refractivity contribution in [1.82, 2.24) is 20.0 Å². The molecular formula is C13H20BrClN4O. The van der Waals surface area contributed by atoms with E-state index in [1.54, 1.807) is 0 Å². The number of aromatic nitrogens is 3. The molecule has 0 saturated heterocycles. The van der Waals surface area contributed by atoms with E-state index in [-0.39, 0.29) is 12.4 Å².